The van der Waals surface area contributed by atoms with E-state index in [1.54, 1.807) is 18.2 Å². The molecule has 0 radical (unpaired) electrons. The summed E-state index contributed by atoms with van der Waals surface area (Å²) in [4.78, 5) is 20.3. The minimum Gasteiger partial charge on any atom is -0.487 e. The molecular formula is C16H15ClN4O3. The van der Waals surface area contributed by atoms with Gasteiger partial charge in [-0.25, -0.2) is 4.79 Å². The van der Waals surface area contributed by atoms with Gasteiger partial charge in [-0.3, -0.25) is 10.3 Å². The van der Waals surface area contributed by atoms with E-state index in [1.807, 2.05) is 12.2 Å². The number of amides is 2. The highest BCUT2D eigenvalue weighted by Gasteiger charge is 2.10. The van der Waals surface area contributed by atoms with Crippen LogP contribution in [0.25, 0.3) is 0 Å². The molecule has 24 heavy (non-hydrogen) atoms. The van der Waals surface area contributed by atoms with E-state index < -0.39 is 6.03 Å². The van der Waals surface area contributed by atoms with Gasteiger partial charge in [-0.15, -0.1) is 0 Å². The van der Waals surface area contributed by atoms with Gasteiger partial charge >= 0.3 is 6.03 Å². The summed E-state index contributed by atoms with van der Waals surface area (Å²) in [5.41, 5.74) is 0.462. The highest BCUT2D eigenvalue weighted by atomic mass is 35.5. The van der Waals surface area contributed by atoms with Gasteiger partial charge in [0.25, 0.3) is 0 Å². The second kappa shape index (κ2) is 7.65. The molecule has 0 unspecified atom stereocenters. The lowest BCUT2D eigenvalue weighted by Crippen LogP contribution is -2.21. The Morgan fingerprint density at radius 1 is 1.12 bits per heavy atom. The van der Waals surface area contributed by atoms with Crippen molar-refractivity contribution in [2.24, 2.45) is 0 Å². The van der Waals surface area contributed by atoms with Crippen molar-refractivity contribution in [1.29, 1.82) is 0 Å². The number of fused-ring (bicyclic) bond motifs is 3. The molecule has 2 heterocycles. The molecule has 124 valence electrons. The maximum Gasteiger partial charge on any atom is 0.325 e. The molecule has 0 fully saturated rings. The number of carbonyl (C=O) groups excluding carboxylic acids is 1. The molecule has 2 N–H and O–H groups in total. The third-order valence-electron chi connectivity index (χ3n) is 3.08. The second-order valence-electron chi connectivity index (χ2n) is 4.88. The number of hydrogen-bond donors (Lipinski definition) is 2. The predicted octanol–water partition coefficient (Wildman–Crippen LogP) is 3.49. The number of benzene rings is 1. The SMILES string of the molecule is O=C1Nc2cncc(n2)OCC/C=C/COc2ccc(Cl)cc2N1. The van der Waals surface area contributed by atoms with Crippen molar-refractivity contribution in [1.82, 2.24) is 9.97 Å². The number of rotatable bonds is 0. The van der Waals surface area contributed by atoms with Crippen LogP contribution in [0.3, 0.4) is 0 Å². The Bertz CT molecular complexity index is 767. The molecule has 8 heteroatoms. The molecule has 0 saturated carbocycles. The number of anilines is 2. The quantitative estimate of drug-likeness (QED) is 0.713. The van der Waals surface area contributed by atoms with Gasteiger partial charge in [0, 0.05) is 5.02 Å². The highest BCUT2D eigenvalue weighted by molar-refractivity contribution is 6.31. The normalized spacial score (nSPS) is 16.1. The maximum atomic E-state index is 12.2. The van der Waals surface area contributed by atoms with Crippen molar-refractivity contribution in [2.45, 2.75) is 6.42 Å². The van der Waals surface area contributed by atoms with Gasteiger partial charge in [0.15, 0.2) is 5.82 Å². The molecule has 1 aromatic heterocycles. The van der Waals surface area contributed by atoms with Gasteiger partial charge in [-0.1, -0.05) is 23.8 Å². The van der Waals surface area contributed by atoms with E-state index in [1.165, 1.54) is 12.4 Å². The molecule has 0 atom stereocenters. The summed E-state index contributed by atoms with van der Waals surface area (Å²) in [7, 11) is 0. The number of aromatic nitrogens is 2. The first kappa shape index (κ1) is 16.1. The van der Waals surface area contributed by atoms with Gasteiger partial charge in [0.05, 0.1) is 24.7 Å². The molecule has 1 aromatic carbocycles. The summed E-state index contributed by atoms with van der Waals surface area (Å²) < 4.78 is 11.1. The summed E-state index contributed by atoms with van der Waals surface area (Å²) in [5, 5.41) is 5.77. The van der Waals surface area contributed by atoms with E-state index in [0.717, 1.165) is 0 Å². The Morgan fingerprint density at radius 2 is 2.04 bits per heavy atom. The second-order valence-corrected chi connectivity index (χ2v) is 5.32. The van der Waals surface area contributed by atoms with Crippen molar-refractivity contribution in [3.8, 4) is 11.6 Å². The van der Waals surface area contributed by atoms with Crippen molar-refractivity contribution in [3.63, 3.8) is 0 Å². The number of urea groups is 1. The minimum atomic E-state index is -0.487. The zero-order valence-corrected chi connectivity index (χ0v) is 13.4. The van der Waals surface area contributed by atoms with Crippen LogP contribution >= 0.6 is 11.6 Å². The standard InChI is InChI=1S/C16H15ClN4O3/c17-11-4-5-13-12(8-11)19-16(22)21-14-9-18-10-15(20-14)24-7-3-1-2-6-23-13/h1-2,4-5,8-10H,3,6-7H2,(H2,19,20,21,22)/b2-1+. The Labute approximate surface area is 143 Å². The number of hydrogen-bond acceptors (Lipinski definition) is 5. The summed E-state index contributed by atoms with van der Waals surface area (Å²) >= 11 is 5.99. The minimum absolute atomic E-state index is 0.278. The average molecular weight is 347 g/mol. The van der Waals surface area contributed by atoms with Crippen LogP contribution in [0.1, 0.15) is 6.42 Å². The first-order valence-electron chi connectivity index (χ1n) is 7.31. The molecule has 1 aliphatic heterocycles. The predicted molar refractivity (Wildman–Crippen MR) is 90.9 cm³/mol. The third-order valence-corrected chi connectivity index (χ3v) is 3.32. The van der Waals surface area contributed by atoms with Crippen molar-refractivity contribution in [3.05, 3.63) is 47.8 Å². The van der Waals surface area contributed by atoms with Crippen molar-refractivity contribution >= 4 is 29.1 Å². The smallest absolute Gasteiger partial charge is 0.325 e. The molecule has 2 bridgehead atoms. The number of ether oxygens (including phenoxy) is 2. The van der Waals surface area contributed by atoms with E-state index in [9.17, 15) is 4.79 Å². The summed E-state index contributed by atoms with van der Waals surface area (Å²) in [6.45, 7) is 0.818. The van der Waals surface area contributed by atoms with Gasteiger partial charge in [0.1, 0.15) is 12.4 Å². The van der Waals surface area contributed by atoms with E-state index in [4.69, 9.17) is 21.1 Å². The van der Waals surface area contributed by atoms with Gasteiger partial charge in [-0.05, 0) is 24.6 Å². The van der Waals surface area contributed by atoms with E-state index >= 15 is 0 Å². The monoisotopic (exact) mass is 346 g/mol. The lowest BCUT2D eigenvalue weighted by molar-refractivity contribution is 0.262. The van der Waals surface area contributed by atoms with Crippen LogP contribution in [-0.4, -0.2) is 29.2 Å². The summed E-state index contributed by atoms with van der Waals surface area (Å²) in [6.07, 6.45) is 7.45. The van der Waals surface area contributed by atoms with Crippen LogP contribution < -0.4 is 20.1 Å². The zero-order chi connectivity index (χ0) is 16.8. The zero-order valence-electron chi connectivity index (χ0n) is 12.7. The molecule has 7 nitrogen and oxygen atoms in total. The Hall–Kier alpha value is -2.80. The molecule has 0 spiro atoms. The first-order chi connectivity index (χ1) is 11.7. The number of halogens is 1. The number of carbonyl (C=O) groups is 1. The lowest BCUT2D eigenvalue weighted by atomic mass is 10.3. The Morgan fingerprint density at radius 3 is 2.96 bits per heavy atom. The van der Waals surface area contributed by atoms with E-state index in [0.29, 0.717) is 42.0 Å². The lowest BCUT2D eigenvalue weighted by Gasteiger charge is -2.12. The molecule has 0 aliphatic carbocycles. The van der Waals surface area contributed by atoms with Gasteiger partial charge < -0.3 is 14.8 Å². The molecule has 3 rings (SSSR count). The number of nitrogens with one attached hydrogen (secondary N) is 2. The average Bonchev–Trinajstić information content (AvgIpc) is 2.55. The maximum absolute atomic E-state index is 12.2. The first-order valence-corrected chi connectivity index (χ1v) is 7.69. The Kier molecular flexibility index (Phi) is 5.12. The van der Waals surface area contributed by atoms with Crippen molar-refractivity contribution in [2.75, 3.05) is 23.8 Å². The Balaban J connectivity index is 1.86. The fourth-order valence-electron chi connectivity index (χ4n) is 2.03. The molecule has 2 aromatic rings. The van der Waals surface area contributed by atoms with E-state index in [-0.39, 0.29) is 5.82 Å². The molecule has 0 saturated heterocycles. The van der Waals surface area contributed by atoms with Crippen LogP contribution in [0.2, 0.25) is 5.02 Å². The van der Waals surface area contributed by atoms with Gasteiger partial charge in [-0.2, -0.15) is 4.98 Å². The van der Waals surface area contributed by atoms with E-state index in [2.05, 4.69) is 20.6 Å². The van der Waals surface area contributed by atoms with Crippen LogP contribution in [-0.2, 0) is 0 Å². The fraction of sp³-hybridized carbons (Fsp3) is 0.188. The third kappa shape index (κ3) is 4.36. The molecule has 1 aliphatic rings. The highest BCUT2D eigenvalue weighted by Crippen LogP contribution is 2.28. The summed E-state index contributed by atoms with van der Waals surface area (Å²) in [5.74, 6) is 1.14. The fourth-order valence-corrected chi connectivity index (χ4v) is 2.20. The van der Waals surface area contributed by atoms with Crippen LogP contribution in [0.4, 0.5) is 16.3 Å². The van der Waals surface area contributed by atoms with Crippen LogP contribution in [0.5, 0.6) is 11.6 Å². The molecular weight excluding hydrogens is 332 g/mol. The van der Waals surface area contributed by atoms with Crippen LogP contribution in [0, 0.1) is 0 Å². The number of nitrogens with zero attached hydrogens (tertiary/aromatic N) is 2. The van der Waals surface area contributed by atoms with Crippen LogP contribution in [0.15, 0.2) is 42.7 Å². The summed E-state index contributed by atoms with van der Waals surface area (Å²) in [6, 6.07) is 4.52. The van der Waals surface area contributed by atoms with Crippen molar-refractivity contribution < 1.29 is 14.3 Å². The largest absolute Gasteiger partial charge is 0.487 e. The topological polar surface area (TPSA) is 85.4 Å². The van der Waals surface area contributed by atoms with Gasteiger partial charge in [0.2, 0.25) is 5.88 Å². The molecule has 2 amide bonds.